The average molecular weight is 496 g/mol. The third-order valence-electron chi connectivity index (χ3n) is 5.48. The number of nitrogens with zero attached hydrogens (tertiary/aromatic N) is 3. The van der Waals surface area contributed by atoms with E-state index in [-0.39, 0.29) is 12.3 Å². The number of hydrogen-bond donors (Lipinski definition) is 2. The van der Waals surface area contributed by atoms with Gasteiger partial charge in [0, 0.05) is 30.6 Å². The molecule has 0 aliphatic rings. The molecule has 0 aliphatic heterocycles. The van der Waals surface area contributed by atoms with Gasteiger partial charge in [0.05, 0.1) is 38.8 Å². The Kier molecular flexibility index (Phi) is 9.40. The fourth-order valence-electron chi connectivity index (χ4n) is 3.68. The van der Waals surface area contributed by atoms with Crippen molar-refractivity contribution < 1.29 is 23.8 Å². The van der Waals surface area contributed by atoms with Gasteiger partial charge in [0.1, 0.15) is 12.1 Å². The Bertz CT molecular complexity index is 1180. The fraction of sp³-hybridized carbons (Fsp3) is 0.385. The van der Waals surface area contributed by atoms with Gasteiger partial charge in [0.15, 0.2) is 11.5 Å². The maximum absolute atomic E-state index is 11.8. The van der Waals surface area contributed by atoms with Crippen LogP contribution in [0.15, 0.2) is 42.7 Å². The summed E-state index contributed by atoms with van der Waals surface area (Å²) in [4.78, 5) is 34.3. The first-order chi connectivity index (χ1) is 17.3. The minimum absolute atomic E-state index is 0.0402. The lowest BCUT2D eigenvalue weighted by molar-refractivity contribution is -0.141. The SMILES string of the molecule is COC(=O)CC(NC(C)=O)c1ccc(Nc2ncnc3cc(OC)c(OCCCN(C)C)cc23)cc1. The van der Waals surface area contributed by atoms with Crippen LogP contribution in [0.5, 0.6) is 11.5 Å². The second kappa shape index (κ2) is 12.7. The number of carbonyl (C=O) groups is 2. The highest BCUT2D eigenvalue weighted by Gasteiger charge is 2.18. The molecule has 0 fully saturated rings. The lowest BCUT2D eigenvalue weighted by Gasteiger charge is -2.18. The van der Waals surface area contributed by atoms with Crippen LogP contribution in [0, 0.1) is 0 Å². The van der Waals surface area contributed by atoms with Crippen LogP contribution in [-0.2, 0) is 14.3 Å². The maximum Gasteiger partial charge on any atom is 0.307 e. The summed E-state index contributed by atoms with van der Waals surface area (Å²) in [5.74, 6) is 1.21. The number of fused-ring (bicyclic) bond motifs is 1. The van der Waals surface area contributed by atoms with Crippen molar-refractivity contribution in [1.29, 1.82) is 0 Å². The van der Waals surface area contributed by atoms with Crippen molar-refractivity contribution >= 4 is 34.3 Å². The lowest BCUT2D eigenvalue weighted by Crippen LogP contribution is -2.28. The Hall–Kier alpha value is -3.92. The van der Waals surface area contributed by atoms with E-state index in [1.807, 2.05) is 50.5 Å². The average Bonchev–Trinajstić information content (AvgIpc) is 2.86. The van der Waals surface area contributed by atoms with Gasteiger partial charge >= 0.3 is 5.97 Å². The number of benzene rings is 2. The molecule has 192 valence electrons. The third-order valence-corrected chi connectivity index (χ3v) is 5.48. The molecule has 1 amide bonds. The van der Waals surface area contributed by atoms with E-state index in [1.165, 1.54) is 20.4 Å². The van der Waals surface area contributed by atoms with Gasteiger partial charge in [-0.05, 0) is 44.3 Å². The number of methoxy groups -OCH3 is 2. The van der Waals surface area contributed by atoms with E-state index in [2.05, 4.69) is 25.5 Å². The molecule has 0 aliphatic carbocycles. The number of aromatic nitrogens is 2. The molecule has 2 N–H and O–H groups in total. The normalized spacial score (nSPS) is 11.7. The van der Waals surface area contributed by atoms with E-state index in [9.17, 15) is 9.59 Å². The van der Waals surface area contributed by atoms with E-state index < -0.39 is 12.0 Å². The number of anilines is 2. The summed E-state index contributed by atoms with van der Waals surface area (Å²) >= 11 is 0. The number of ether oxygens (including phenoxy) is 3. The zero-order chi connectivity index (χ0) is 26.1. The molecule has 1 heterocycles. The number of hydrogen-bond acceptors (Lipinski definition) is 9. The number of nitrogens with one attached hydrogen (secondary N) is 2. The molecule has 3 rings (SSSR count). The van der Waals surface area contributed by atoms with E-state index in [4.69, 9.17) is 14.2 Å². The summed E-state index contributed by atoms with van der Waals surface area (Å²) in [5.41, 5.74) is 2.28. The van der Waals surface area contributed by atoms with Gasteiger partial charge in [0.25, 0.3) is 0 Å². The summed E-state index contributed by atoms with van der Waals surface area (Å²) in [6.07, 6.45) is 2.41. The minimum Gasteiger partial charge on any atom is -0.493 e. The predicted octanol–water partition coefficient (Wildman–Crippen LogP) is 3.45. The molecule has 10 nitrogen and oxygen atoms in total. The topological polar surface area (TPSA) is 115 Å². The Morgan fingerprint density at radius 2 is 1.81 bits per heavy atom. The highest BCUT2D eigenvalue weighted by atomic mass is 16.5. The number of amides is 1. The first kappa shape index (κ1) is 26.7. The molecule has 0 saturated heterocycles. The Labute approximate surface area is 211 Å². The molecule has 2 aromatic carbocycles. The van der Waals surface area contributed by atoms with Crippen molar-refractivity contribution in [3.8, 4) is 11.5 Å². The van der Waals surface area contributed by atoms with Gasteiger partial charge in [-0.3, -0.25) is 9.59 Å². The zero-order valence-corrected chi connectivity index (χ0v) is 21.3. The Morgan fingerprint density at radius 3 is 2.44 bits per heavy atom. The lowest BCUT2D eigenvalue weighted by atomic mass is 10.0. The Balaban J connectivity index is 1.82. The third kappa shape index (κ3) is 7.29. The molecule has 36 heavy (non-hydrogen) atoms. The van der Waals surface area contributed by atoms with Crippen LogP contribution in [0.1, 0.15) is 31.4 Å². The molecule has 1 atom stereocenters. The van der Waals surface area contributed by atoms with Crippen molar-refractivity contribution in [3.63, 3.8) is 0 Å². The zero-order valence-electron chi connectivity index (χ0n) is 21.3. The summed E-state index contributed by atoms with van der Waals surface area (Å²) in [6.45, 7) is 2.89. The van der Waals surface area contributed by atoms with Gasteiger partial charge in [-0.2, -0.15) is 0 Å². The van der Waals surface area contributed by atoms with Crippen LogP contribution >= 0.6 is 0 Å². The molecular weight excluding hydrogens is 462 g/mol. The van der Waals surface area contributed by atoms with Gasteiger partial charge in [0.2, 0.25) is 5.91 Å². The smallest absolute Gasteiger partial charge is 0.307 e. The van der Waals surface area contributed by atoms with Crippen LogP contribution in [-0.4, -0.2) is 68.2 Å². The molecule has 0 bridgehead atoms. The Morgan fingerprint density at radius 1 is 1.06 bits per heavy atom. The number of carbonyl (C=O) groups excluding carboxylic acids is 2. The maximum atomic E-state index is 11.8. The van der Waals surface area contributed by atoms with Gasteiger partial charge < -0.3 is 29.7 Å². The monoisotopic (exact) mass is 495 g/mol. The van der Waals surface area contributed by atoms with Crippen molar-refractivity contribution in [2.75, 3.05) is 46.8 Å². The summed E-state index contributed by atoms with van der Waals surface area (Å²) in [5, 5.41) is 6.89. The van der Waals surface area contributed by atoms with Crippen LogP contribution in [0.3, 0.4) is 0 Å². The van der Waals surface area contributed by atoms with E-state index in [0.29, 0.717) is 29.4 Å². The van der Waals surface area contributed by atoms with E-state index in [1.54, 1.807) is 7.11 Å². The molecule has 0 saturated carbocycles. The molecular formula is C26H33N5O5. The molecule has 1 unspecified atom stereocenters. The second-order valence-electron chi connectivity index (χ2n) is 8.53. The first-order valence-corrected chi connectivity index (χ1v) is 11.6. The first-order valence-electron chi connectivity index (χ1n) is 11.6. The molecule has 3 aromatic rings. The van der Waals surface area contributed by atoms with Crippen molar-refractivity contribution in [3.05, 3.63) is 48.3 Å². The number of esters is 1. The van der Waals surface area contributed by atoms with E-state index >= 15 is 0 Å². The quantitative estimate of drug-likeness (QED) is 0.288. The highest BCUT2D eigenvalue weighted by Crippen LogP contribution is 2.35. The second-order valence-corrected chi connectivity index (χ2v) is 8.53. The molecule has 10 heteroatoms. The van der Waals surface area contributed by atoms with Crippen LogP contribution in [0.2, 0.25) is 0 Å². The standard InChI is InChI=1S/C26H33N5O5/c1-17(32)29-21(15-25(33)35-5)18-7-9-19(10-8-18)30-26-20-13-24(36-12-6-11-31(2)3)23(34-4)14-22(20)27-16-28-26/h7-10,13-14,16,21H,6,11-12,15H2,1-5H3,(H,29,32)(H,27,28,30). The summed E-state index contributed by atoms with van der Waals surface area (Å²) in [7, 11) is 6.97. The van der Waals surface area contributed by atoms with E-state index in [0.717, 1.165) is 29.6 Å². The fourth-order valence-corrected chi connectivity index (χ4v) is 3.68. The van der Waals surface area contributed by atoms with Crippen LogP contribution in [0.25, 0.3) is 10.9 Å². The van der Waals surface area contributed by atoms with Crippen molar-refractivity contribution in [2.24, 2.45) is 0 Å². The van der Waals surface area contributed by atoms with Crippen LogP contribution < -0.4 is 20.1 Å². The molecule has 1 aromatic heterocycles. The van der Waals surface area contributed by atoms with Crippen molar-refractivity contribution in [2.45, 2.75) is 25.8 Å². The summed E-state index contributed by atoms with van der Waals surface area (Å²) < 4.78 is 16.3. The highest BCUT2D eigenvalue weighted by molar-refractivity contribution is 5.93. The molecule has 0 spiro atoms. The van der Waals surface area contributed by atoms with Gasteiger partial charge in [-0.25, -0.2) is 9.97 Å². The van der Waals surface area contributed by atoms with Gasteiger partial charge in [-0.15, -0.1) is 0 Å². The minimum atomic E-state index is -0.483. The molecule has 0 radical (unpaired) electrons. The van der Waals surface area contributed by atoms with Crippen LogP contribution in [0.4, 0.5) is 11.5 Å². The van der Waals surface area contributed by atoms with Gasteiger partial charge in [-0.1, -0.05) is 12.1 Å². The largest absolute Gasteiger partial charge is 0.493 e. The summed E-state index contributed by atoms with van der Waals surface area (Å²) in [6, 6.07) is 10.6. The predicted molar refractivity (Wildman–Crippen MR) is 138 cm³/mol. The number of rotatable bonds is 12. The van der Waals surface area contributed by atoms with Crippen molar-refractivity contribution in [1.82, 2.24) is 20.2 Å².